The average Bonchev–Trinajstić information content (AvgIpc) is 2.86. The molecule has 0 saturated heterocycles. The van der Waals surface area contributed by atoms with Crippen molar-refractivity contribution in [3.05, 3.63) is 88.4 Å². The van der Waals surface area contributed by atoms with Crippen LogP contribution >= 0.6 is 11.6 Å². The Bertz CT molecular complexity index is 1160. The second kappa shape index (κ2) is 10.5. The Labute approximate surface area is 199 Å². The minimum Gasteiger partial charge on any atom is -0.465 e. The van der Waals surface area contributed by atoms with Gasteiger partial charge in [0, 0.05) is 11.3 Å². The van der Waals surface area contributed by atoms with Gasteiger partial charge in [-0.2, -0.15) is 0 Å². The number of nitrogens with one attached hydrogen (secondary N) is 2. The number of esters is 1. The van der Waals surface area contributed by atoms with Crippen LogP contribution < -0.4 is 10.6 Å². The third kappa shape index (κ3) is 5.55. The molecule has 170 valence electrons. The first-order valence-corrected chi connectivity index (χ1v) is 11.6. The first-order valence-electron chi connectivity index (χ1n) is 11.2. The van der Waals surface area contributed by atoms with Crippen LogP contribution in [0.25, 0.3) is 0 Å². The number of carbonyl (C=O) groups excluding carboxylic acids is 2. The molecule has 0 unspecified atom stereocenters. The molecule has 1 fully saturated rings. The van der Waals surface area contributed by atoms with Gasteiger partial charge in [-0.05, 0) is 66.8 Å². The van der Waals surface area contributed by atoms with Crippen molar-refractivity contribution in [2.75, 3.05) is 17.7 Å². The molecule has 3 aromatic rings. The number of benzene rings is 3. The second-order valence-corrected chi connectivity index (χ2v) is 8.68. The molecule has 0 heterocycles. The van der Waals surface area contributed by atoms with Crippen LogP contribution in [0.1, 0.15) is 64.3 Å². The number of ether oxygens (including phenoxy) is 1. The topological polar surface area (TPSA) is 67.4 Å². The average molecular weight is 463 g/mol. The van der Waals surface area contributed by atoms with Crippen molar-refractivity contribution in [2.24, 2.45) is 0 Å². The van der Waals surface area contributed by atoms with Gasteiger partial charge in [-0.15, -0.1) is 0 Å². The van der Waals surface area contributed by atoms with Crippen molar-refractivity contribution in [1.29, 1.82) is 0 Å². The van der Waals surface area contributed by atoms with E-state index >= 15 is 0 Å². The summed E-state index contributed by atoms with van der Waals surface area (Å²) >= 11 is 6.51. The maximum absolute atomic E-state index is 12.9. The van der Waals surface area contributed by atoms with E-state index in [0.29, 0.717) is 39.1 Å². The summed E-state index contributed by atoms with van der Waals surface area (Å²) in [6, 6.07) is 20.1. The predicted molar refractivity (Wildman–Crippen MR) is 133 cm³/mol. The first-order chi connectivity index (χ1) is 16.0. The molecule has 5 nitrogen and oxygen atoms in total. The largest absolute Gasteiger partial charge is 0.465 e. The molecule has 0 atom stereocenters. The predicted octanol–water partition coefficient (Wildman–Crippen LogP) is 7.17. The van der Waals surface area contributed by atoms with E-state index in [-0.39, 0.29) is 5.91 Å². The van der Waals surface area contributed by atoms with Gasteiger partial charge in [-0.3, -0.25) is 4.79 Å². The molecule has 0 radical (unpaired) electrons. The molecule has 0 bridgehead atoms. The standard InChI is InChI=1S/C27H27ClN2O3/c1-33-27(32)22-12-5-6-13-24(22)29-21-11-7-10-20(16-21)26(31)30-25-15-14-19(17-23(25)28)18-8-3-2-4-9-18/h5-7,10-18,29H,2-4,8-9H2,1H3,(H,30,31). The zero-order chi connectivity index (χ0) is 23.2. The van der Waals surface area contributed by atoms with Crippen LogP contribution in [-0.2, 0) is 4.74 Å². The van der Waals surface area contributed by atoms with Gasteiger partial charge in [0.05, 0.1) is 29.1 Å². The summed E-state index contributed by atoms with van der Waals surface area (Å²) in [5.41, 5.74) is 4.01. The fraction of sp³-hybridized carbons (Fsp3) is 0.259. The van der Waals surface area contributed by atoms with E-state index in [1.807, 2.05) is 24.3 Å². The van der Waals surface area contributed by atoms with Crippen molar-refractivity contribution in [2.45, 2.75) is 38.0 Å². The molecule has 1 aliphatic carbocycles. The number of anilines is 3. The van der Waals surface area contributed by atoms with E-state index in [2.05, 4.69) is 16.7 Å². The highest BCUT2D eigenvalue weighted by atomic mass is 35.5. The van der Waals surface area contributed by atoms with E-state index in [9.17, 15) is 9.59 Å². The maximum Gasteiger partial charge on any atom is 0.339 e. The van der Waals surface area contributed by atoms with Gasteiger partial charge in [-0.1, -0.05) is 55.1 Å². The fourth-order valence-electron chi connectivity index (χ4n) is 4.29. The Kier molecular flexibility index (Phi) is 7.30. The molecule has 3 aromatic carbocycles. The lowest BCUT2D eigenvalue weighted by Crippen LogP contribution is -2.13. The number of hydrogen-bond donors (Lipinski definition) is 2. The van der Waals surface area contributed by atoms with E-state index in [1.54, 1.807) is 36.4 Å². The van der Waals surface area contributed by atoms with Gasteiger partial charge in [0.2, 0.25) is 0 Å². The van der Waals surface area contributed by atoms with Gasteiger partial charge in [0.25, 0.3) is 5.91 Å². The summed E-state index contributed by atoms with van der Waals surface area (Å²) < 4.78 is 4.85. The SMILES string of the molecule is COC(=O)c1ccccc1Nc1cccc(C(=O)Nc2ccc(C3CCCCC3)cc2Cl)c1. The van der Waals surface area contributed by atoms with Crippen molar-refractivity contribution in [1.82, 2.24) is 0 Å². The summed E-state index contributed by atoms with van der Waals surface area (Å²) in [5.74, 6) is -0.137. The Balaban J connectivity index is 1.48. The lowest BCUT2D eigenvalue weighted by Gasteiger charge is -2.22. The Hall–Kier alpha value is -3.31. The van der Waals surface area contributed by atoms with Crippen LogP contribution in [0.15, 0.2) is 66.7 Å². The monoisotopic (exact) mass is 462 g/mol. The lowest BCUT2D eigenvalue weighted by atomic mass is 9.84. The number of methoxy groups -OCH3 is 1. The highest BCUT2D eigenvalue weighted by Gasteiger charge is 2.17. The van der Waals surface area contributed by atoms with E-state index < -0.39 is 5.97 Å². The van der Waals surface area contributed by atoms with Crippen LogP contribution in [0, 0.1) is 0 Å². The van der Waals surface area contributed by atoms with Crippen LogP contribution in [0.5, 0.6) is 0 Å². The normalized spacial score (nSPS) is 13.9. The van der Waals surface area contributed by atoms with Crippen molar-refractivity contribution in [3.63, 3.8) is 0 Å². The van der Waals surface area contributed by atoms with E-state index in [0.717, 1.165) is 0 Å². The Morgan fingerprint density at radius 2 is 1.70 bits per heavy atom. The molecule has 0 aromatic heterocycles. The van der Waals surface area contributed by atoms with E-state index in [4.69, 9.17) is 16.3 Å². The van der Waals surface area contributed by atoms with Crippen LogP contribution in [0.2, 0.25) is 5.02 Å². The minimum atomic E-state index is -0.432. The molecule has 0 spiro atoms. The van der Waals surface area contributed by atoms with Gasteiger partial charge < -0.3 is 15.4 Å². The van der Waals surface area contributed by atoms with Crippen LogP contribution in [0.4, 0.5) is 17.1 Å². The molecule has 2 N–H and O–H groups in total. The zero-order valence-electron chi connectivity index (χ0n) is 18.6. The minimum absolute atomic E-state index is 0.257. The van der Waals surface area contributed by atoms with Gasteiger partial charge in [0.15, 0.2) is 0 Å². The number of carbonyl (C=O) groups is 2. The van der Waals surface area contributed by atoms with Crippen molar-refractivity contribution in [3.8, 4) is 0 Å². The molecular weight excluding hydrogens is 436 g/mol. The summed E-state index contributed by atoms with van der Waals surface area (Å²) in [6.45, 7) is 0. The quantitative estimate of drug-likeness (QED) is 0.381. The molecule has 4 rings (SSSR count). The molecule has 6 heteroatoms. The number of amides is 1. The molecule has 0 aliphatic heterocycles. The summed E-state index contributed by atoms with van der Waals surface area (Å²) in [7, 11) is 1.34. The maximum atomic E-state index is 12.9. The van der Waals surface area contributed by atoms with Crippen molar-refractivity contribution >= 4 is 40.5 Å². The molecule has 1 saturated carbocycles. The van der Waals surface area contributed by atoms with Crippen LogP contribution in [-0.4, -0.2) is 19.0 Å². The molecule has 1 aliphatic rings. The number of hydrogen-bond acceptors (Lipinski definition) is 4. The highest BCUT2D eigenvalue weighted by molar-refractivity contribution is 6.34. The second-order valence-electron chi connectivity index (χ2n) is 8.27. The highest BCUT2D eigenvalue weighted by Crippen LogP contribution is 2.35. The van der Waals surface area contributed by atoms with Gasteiger partial charge in [0.1, 0.15) is 0 Å². The fourth-order valence-corrected chi connectivity index (χ4v) is 4.53. The Morgan fingerprint density at radius 3 is 2.45 bits per heavy atom. The number of halogens is 1. The zero-order valence-corrected chi connectivity index (χ0v) is 19.3. The number of rotatable bonds is 6. The summed E-state index contributed by atoms with van der Waals surface area (Å²) in [4.78, 5) is 24.9. The number of para-hydroxylation sites is 1. The van der Waals surface area contributed by atoms with Crippen molar-refractivity contribution < 1.29 is 14.3 Å². The third-order valence-corrected chi connectivity index (χ3v) is 6.37. The molecule has 33 heavy (non-hydrogen) atoms. The molecule has 1 amide bonds. The lowest BCUT2D eigenvalue weighted by molar-refractivity contribution is 0.0601. The summed E-state index contributed by atoms with van der Waals surface area (Å²) in [6.07, 6.45) is 6.22. The smallest absolute Gasteiger partial charge is 0.339 e. The Morgan fingerprint density at radius 1 is 0.909 bits per heavy atom. The first kappa shape index (κ1) is 22.9. The summed E-state index contributed by atoms with van der Waals surface area (Å²) in [5, 5.41) is 6.66. The van der Waals surface area contributed by atoms with E-state index in [1.165, 1.54) is 44.8 Å². The third-order valence-electron chi connectivity index (χ3n) is 6.05. The molecular formula is C27H27ClN2O3. The van der Waals surface area contributed by atoms with Gasteiger partial charge >= 0.3 is 5.97 Å². The van der Waals surface area contributed by atoms with Gasteiger partial charge in [-0.25, -0.2) is 4.79 Å². The van der Waals surface area contributed by atoms with Crippen LogP contribution in [0.3, 0.4) is 0 Å².